The number of fused-ring (bicyclic) bond motifs is 1. The molecule has 0 N–H and O–H groups in total. The monoisotopic (exact) mass is 372 g/mol. The Morgan fingerprint density at radius 3 is 2.70 bits per heavy atom. The maximum Gasteiger partial charge on any atom is 0.305 e. The van der Waals surface area contributed by atoms with E-state index in [9.17, 15) is 9.59 Å². The van der Waals surface area contributed by atoms with Gasteiger partial charge in [-0.1, -0.05) is 30.4 Å². The van der Waals surface area contributed by atoms with Crippen LogP contribution in [0.5, 0.6) is 0 Å². The van der Waals surface area contributed by atoms with Gasteiger partial charge in [-0.2, -0.15) is 0 Å². The van der Waals surface area contributed by atoms with Gasteiger partial charge in [-0.25, -0.2) is 0 Å². The maximum absolute atomic E-state index is 11.6. The van der Waals surface area contributed by atoms with Crippen molar-refractivity contribution in [3.8, 4) is 0 Å². The number of carbonyl (C=O) groups excluding carboxylic acids is 2. The molecular weight excluding hydrogens is 344 g/mol. The van der Waals surface area contributed by atoms with E-state index in [2.05, 4.69) is 31.9 Å². The van der Waals surface area contributed by atoms with Crippen molar-refractivity contribution in [3.05, 3.63) is 54.0 Å². The Morgan fingerprint density at radius 1 is 1.33 bits per heavy atom. The summed E-state index contributed by atoms with van der Waals surface area (Å²) < 4.78 is 16.7. The molecular formula is C22H28O5. The van der Waals surface area contributed by atoms with E-state index in [0.29, 0.717) is 0 Å². The average Bonchev–Trinajstić information content (AvgIpc) is 2.64. The highest BCUT2D eigenvalue weighted by Crippen LogP contribution is 2.43. The molecule has 27 heavy (non-hydrogen) atoms. The summed E-state index contributed by atoms with van der Waals surface area (Å²) in [6.07, 6.45) is 7.41. The summed E-state index contributed by atoms with van der Waals surface area (Å²) in [5.74, 6) is -1.04. The molecule has 4 unspecified atom stereocenters. The first-order valence-electron chi connectivity index (χ1n) is 9.22. The Kier molecular flexibility index (Phi) is 7.26. The van der Waals surface area contributed by atoms with E-state index < -0.39 is 24.3 Å². The fourth-order valence-corrected chi connectivity index (χ4v) is 3.72. The van der Waals surface area contributed by atoms with Crippen LogP contribution in [0, 0.1) is 11.8 Å². The van der Waals surface area contributed by atoms with Crippen LogP contribution in [-0.2, 0) is 23.8 Å². The number of rotatable bonds is 4. The molecule has 0 aromatic heterocycles. The largest absolute Gasteiger partial charge is 0.462 e. The standard InChI is InChI=1S/C22H28O5/c1-6-8-20(26-16(4)23)19-13-25-22(27-17(5)24)21-15(3)10-7-9-14(2)11-12-18(19)21/h8-9,13,18,20-22H,1,3,7,10-12H2,2,4-5H3. The second-order valence-electron chi connectivity index (χ2n) is 7.05. The molecule has 2 rings (SSSR count). The summed E-state index contributed by atoms with van der Waals surface area (Å²) in [4.78, 5) is 23.2. The molecule has 4 atom stereocenters. The molecule has 2 aliphatic rings. The van der Waals surface area contributed by atoms with Crippen LogP contribution in [0.4, 0.5) is 0 Å². The third kappa shape index (κ3) is 5.48. The highest BCUT2D eigenvalue weighted by molar-refractivity contribution is 5.67. The number of allylic oxidation sites excluding steroid dienone is 2. The molecule has 0 amide bonds. The summed E-state index contributed by atoms with van der Waals surface area (Å²) in [7, 11) is 0. The van der Waals surface area contributed by atoms with Crippen molar-refractivity contribution in [2.45, 2.75) is 58.8 Å². The minimum Gasteiger partial charge on any atom is -0.462 e. The lowest BCUT2D eigenvalue weighted by atomic mass is 9.74. The molecule has 5 nitrogen and oxygen atoms in total. The first-order chi connectivity index (χ1) is 12.8. The quantitative estimate of drug-likeness (QED) is 0.416. The van der Waals surface area contributed by atoms with Crippen LogP contribution in [-0.4, -0.2) is 24.3 Å². The fourth-order valence-electron chi connectivity index (χ4n) is 3.72. The summed E-state index contributed by atoms with van der Waals surface area (Å²) in [6, 6.07) is 0. The zero-order chi connectivity index (χ0) is 20.0. The van der Waals surface area contributed by atoms with E-state index in [1.807, 2.05) is 0 Å². The lowest BCUT2D eigenvalue weighted by Crippen LogP contribution is -2.41. The molecule has 0 aromatic carbocycles. The van der Waals surface area contributed by atoms with E-state index in [-0.39, 0.29) is 11.8 Å². The van der Waals surface area contributed by atoms with Crippen molar-refractivity contribution in [1.82, 2.24) is 0 Å². The van der Waals surface area contributed by atoms with Crippen LogP contribution in [0.1, 0.15) is 46.5 Å². The first kappa shape index (κ1) is 20.8. The van der Waals surface area contributed by atoms with E-state index in [1.165, 1.54) is 19.4 Å². The number of carbonyl (C=O) groups is 2. The molecule has 5 heteroatoms. The van der Waals surface area contributed by atoms with E-state index >= 15 is 0 Å². The van der Waals surface area contributed by atoms with Gasteiger partial charge >= 0.3 is 11.9 Å². The summed E-state index contributed by atoms with van der Waals surface area (Å²) in [6.45, 7) is 12.7. The molecule has 0 spiro atoms. The number of ether oxygens (including phenoxy) is 3. The summed E-state index contributed by atoms with van der Waals surface area (Å²) >= 11 is 0. The lowest BCUT2D eigenvalue weighted by Gasteiger charge is -2.40. The Morgan fingerprint density at radius 2 is 2.07 bits per heavy atom. The third-order valence-corrected chi connectivity index (χ3v) is 4.95. The van der Waals surface area contributed by atoms with Gasteiger partial charge in [0.05, 0.1) is 12.2 Å². The zero-order valence-electron chi connectivity index (χ0n) is 16.3. The Hall–Kier alpha value is -2.52. The van der Waals surface area contributed by atoms with Crippen molar-refractivity contribution in [1.29, 1.82) is 0 Å². The van der Waals surface area contributed by atoms with Gasteiger partial charge in [-0.05, 0) is 32.6 Å². The zero-order valence-corrected chi connectivity index (χ0v) is 16.3. The second kappa shape index (κ2) is 9.43. The van der Waals surface area contributed by atoms with E-state index in [4.69, 9.17) is 14.2 Å². The van der Waals surface area contributed by atoms with Gasteiger partial charge in [-0.15, -0.1) is 5.73 Å². The third-order valence-electron chi connectivity index (χ3n) is 4.95. The average molecular weight is 372 g/mol. The van der Waals surface area contributed by atoms with Gasteiger partial charge in [0.1, 0.15) is 0 Å². The van der Waals surface area contributed by atoms with Crippen LogP contribution >= 0.6 is 0 Å². The predicted molar refractivity (Wildman–Crippen MR) is 102 cm³/mol. The van der Waals surface area contributed by atoms with E-state index in [0.717, 1.165) is 36.8 Å². The SMILES string of the molecule is C=C=CC(OC(C)=O)C1=COC(OC(C)=O)C2C(=C)CCC=C(C)CCC12. The normalized spacial score (nSPS) is 26.3. The molecule has 0 aromatic rings. The molecule has 0 saturated carbocycles. The first-order valence-corrected chi connectivity index (χ1v) is 9.22. The lowest BCUT2D eigenvalue weighted by molar-refractivity contribution is -0.181. The van der Waals surface area contributed by atoms with Crippen LogP contribution in [0.2, 0.25) is 0 Å². The minimum absolute atomic E-state index is 0.0361. The molecule has 146 valence electrons. The van der Waals surface area contributed by atoms with Crippen LogP contribution < -0.4 is 0 Å². The summed E-state index contributed by atoms with van der Waals surface area (Å²) in [5, 5.41) is 0. The molecule has 0 fully saturated rings. The van der Waals surface area contributed by atoms with Gasteiger partial charge in [0.2, 0.25) is 6.29 Å². The maximum atomic E-state index is 11.6. The second-order valence-corrected chi connectivity index (χ2v) is 7.05. The topological polar surface area (TPSA) is 61.8 Å². The Bertz CT molecular complexity index is 708. The molecule has 0 saturated heterocycles. The van der Waals surface area contributed by atoms with Gasteiger partial charge in [0.15, 0.2) is 6.10 Å². The van der Waals surface area contributed by atoms with Crippen LogP contribution in [0.3, 0.4) is 0 Å². The van der Waals surface area contributed by atoms with Crippen molar-refractivity contribution in [3.63, 3.8) is 0 Å². The van der Waals surface area contributed by atoms with Crippen LogP contribution in [0.15, 0.2) is 54.0 Å². The summed E-state index contributed by atoms with van der Waals surface area (Å²) in [5.41, 5.74) is 5.78. The molecule has 0 bridgehead atoms. The predicted octanol–water partition coefficient (Wildman–Crippen LogP) is 4.37. The van der Waals surface area contributed by atoms with Gasteiger partial charge < -0.3 is 14.2 Å². The Labute approximate surface area is 161 Å². The van der Waals surface area contributed by atoms with Gasteiger partial charge in [0, 0.05) is 31.4 Å². The highest BCUT2D eigenvalue weighted by Gasteiger charge is 2.42. The van der Waals surface area contributed by atoms with E-state index in [1.54, 1.807) is 12.3 Å². The fraction of sp³-hybridized carbons (Fsp3) is 0.500. The highest BCUT2D eigenvalue weighted by atomic mass is 16.7. The molecule has 1 aliphatic heterocycles. The molecule has 1 heterocycles. The van der Waals surface area contributed by atoms with Gasteiger partial charge in [-0.3, -0.25) is 9.59 Å². The number of hydrogen-bond acceptors (Lipinski definition) is 5. The smallest absolute Gasteiger partial charge is 0.305 e. The van der Waals surface area contributed by atoms with Crippen molar-refractivity contribution in [2.24, 2.45) is 11.8 Å². The van der Waals surface area contributed by atoms with Crippen molar-refractivity contribution in [2.75, 3.05) is 0 Å². The number of esters is 2. The van der Waals surface area contributed by atoms with Crippen LogP contribution in [0.25, 0.3) is 0 Å². The molecule has 1 aliphatic carbocycles. The van der Waals surface area contributed by atoms with Gasteiger partial charge in [0.25, 0.3) is 0 Å². The number of hydrogen-bond donors (Lipinski definition) is 0. The van der Waals surface area contributed by atoms with Crippen molar-refractivity contribution < 1.29 is 23.8 Å². The minimum atomic E-state index is -0.729. The Balaban J connectivity index is 2.46. The molecule has 0 radical (unpaired) electrons. The van der Waals surface area contributed by atoms with Crippen molar-refractivity contribution >= 4 is 11.9 Å².